The van der Waals surface area contributed by atoms with Crippen molar-refractivity contribution in [1.29, 1.82) is 0 Å². The quantitative estimate of drug-likeness (QED) is 0.579. The van der Waals surface area contributed by atoms with Crippen molar-refractivity contribution in [3.63, 3.8) is 0 Å². The Labute approximate surface area is 122 Å². The summed E-state index contributed by atoms with van der Waals surface area (Å²) in [5, 5.41) is 0. The first-order valence-electron chi connectivity index (χ1n) is 7.20. The van der Waals surface area contributed by atoms with Crippen molar-refractivity contribution < 1.29 is 4.79 Å². The monoisotopic (exact) mass is 322 g/mol. The van der Waals surface area contributed by atoms with E-state index in [0.717, 1.165) is 25.7 Å². The van der Waals surface area contributed by atoms with Crippen LogP contribution in [0, 0.1) is 5.92 Å². The van der Waals surface area contributed by atoms with Gasteiger partial charge in [0.15, 0.2) is 0 Å². The molecule has 102 valence electrons. The van der Waals surface area contributed by atoms with E-state index in [1.165, 1.54) is 10.9 Å². The molecule has 2 atom stereocenters. The predicted octanol–water partition coefficient (Wildman–Crippen LogP) is 3.53. The summed E-state index contributed by atoms with van der Waals surface area (Å²) in [5.41, 5.74) is 0. The molecule has 0 aliphatic heterocycles. The Kier molecular flexibility index (Phi) is 5.88. The summed E-state index contributed by atoms with van der Waals surface area (Å²) in [6, 6.07) is 10.5. The van der Waals surface area contributed by atoms with E-state index in [0.29, 0.717) is 31.5 Å². The van der Waals surface area contributed by atoms with Crippen LogP contribution in [0.2, 0.25) is 4.82 Å². The number of allylic oxidation sites excluding steroid dienone is 2. The van der Waals surface area contributed by atoms with Gasteiger partial charge in [0.2, 0.25) is 0 Å². The number of carbonyl (C=O) groups excluding carboxylic acids is 1. The molecule has 0 aromatic heterocycles. The fraction of sp³-hybridized carbons (Fsp3) is 0.471. The second-order valence-electron chi connectivity index (χ2n) is 5.07. The Hall–Kier alpha value is -0.851. The minimum absolute atomic E-state index is 0.313. The second-order valence-corrected chi connectivity index (χ2v) is 7.62. The molecule has 1 aliphatic rings. The van der Waals surface area contributed by atoms with Crippen LogP contribution in [-0.4, -0.2) is 20.7 Å². The first kappa shape index (κ1) is 14.6. The number of hydrogen-bond donors (Lipinski definition) is 0. The molecule has 1 nitrogen and oxygen atoms in total. The van der Waals surface area contributed by atoms with Crippen LogP contribution in [0.1, 0.15) is 39.0 Å². The summed E-state index contributed by atoms with van der Waals surface area (Å²) in [6.07, 6.45) is 9.85. The van der Waals surface area contributed by atoms with Gasteiger partial charge in [-0.3, -0.25) is 0 Å². The van der Waals surface area contributed by atoms with Crippen molar-refractivity contribution in [2.45, 2.75) is 43.8 Å². The summed E-state index contributed by atoms with van der Waals surface area (Å²) in [4.78, 5) is 12.4. The Balaban J connectivity index is 1.92. The van der Waals surface area contributed by atoms with E-state index in [9.17, 15) is 4.79 Å². The summed E-state index contributed by atoms with van der Waals surface area (Å²) < 4.78 is 1.37. The molecule has 2 rings (SSSR count). The molecule has 0 saturated heterocycles. The first-order chi connectivity index (χ1) is 9.31. The molecule has 0 N–H and O–H groups in total. The van der Waals surface area contributed by atoms with Crippen molar-refractivity contribution in [2.75, 3.05) is 0 Å². The number of Topliss-reactive ketones (excluding diaryl/α,β-unsaturated/α-hetero) is 1. The Bertz CT molecular complexity index is 424. The van der Waals surface area contributed by atoms with Crippen LogP contribution in [0.5, 0.6) is 0 Å². The van der Waals surface area contributed by atoms with Crippen LogP contribution in [0.3, 0.4) is 0 Å². The number of benzene rings is 1. The fourth-order valence-corrected chi connectivity index (χ4v) is 5.35. The molecule has 1 aliphatic carbocycles. The maximum absolute atomic E-state index is 12.1. The average Bonchev–Trinajstić information content (AvgIpc) is 2.78. The van der Waals surface area contributed by atoms with Crippen LogP contribution in [0.4, 0.5) is 0 Å². The molecular weight excluding hydrogens is 299 g/mol. The van der Waals surface area contributed by atoms with E-state index < -0.39 is 0 Å². The van der Waals surface area contributed by atoms with Crippen LogP contribution in [0.25, 0.3) is 0 Å². The second kappa shape index (κ2) is 7.67. The van der Waals surface area contributed by atoms with Gasteiger partial charge in [-0.1, -0.05) is 0 Å². The van der Waals surface area contributed by atoms with E-state index in [1.54, 1.807) is 0 Å². The molecule has 0 radical (unpaired) electrons. The van der Waals surface area contributed by atoms with Crippen LogP contribution < -0.4 is 4.46 Å². The van der Waals surface area contributed by atoms with E-state index in [1.807, 2.05) is 6.07 Å². The third-order valence-corrected chi connectivity index (χ3v) is 6.65. The zero-order valence-electron chi connectivity index (χ0n) is 11.5. The molecule has 0 amide bonds. The molecule has 1 aromatic carbocycles. The van der Waals surface area contributed by atoms with Crippen molar-refractivity contribution >= 4 is 25.2 Å². The number of hydrogen-bond acceptors (Lipinski definition) is 1. The van der Waals surface area contributed by atoms with Gasteiger partial charge in [-0.05, 0) is 0 Å². The summed E-state index contributed by atoms with van der Waals surface area (Å²) in [7, 11) is 0. The van der Waals surface area contributed by atoms with Crippen molar-refractivity contribution in [3.05, 3.63) is 42.5 Å². The maximum atomic E-state index is 12.1. The molecule has 2 unspecified atom stereocenters. The van der Waals surface area contributed by atoms with Gasteiger partial charge in [0.1, 0.15) is 0 Å². The third-order valence-electron chi connectivity index (χ3n) is 3.62. The Morgan fingerprint density at radius 3 is 2.79 bits per heavy atom. The fourth-order valence-electron chi connectivity index (χ4n) is 2.58. The Morgan fingerprint density at radius 2 is 2.05 bits per heavy atom. The van der Waals surface area contributed by atoms with Gasteiger partial charge in [-0.2, -0.15) is 0 Å². The predicted molar refractivity (Wildman–Crippen MR) is 82.0 cm³/mol. The van der Waals surface area contributed by atoms with Crippen molar-refractivity contribution in [3.8, 4) is 0 Å². The molecule has 2 heteroatoms. The van der Waals surface area contributed by atoms with Crippen LogP contribution in [-0.2, 0) is 4.79 Å². The standard InChI is InChI=1S/C17H22OSe/c1-2-3-4-6-9-14-12-13-16(18)17(14)19-15-10-7-5-8-11-15/h3-5,7-8,10-11,14,17H,2,6,9,12-13H2,1H3/b4-3-. The SMILES string of the molecule is CC/C=C\CCC1CCC(=O)C1[Se]c1ccccc1. The van der Waals surface area contributed by atoms with E-state index in [4.69, 9.17) is 0 Å². The van der Waals surface area contributed by atoms with Gasteiger partial charge < -0.3 is 0 Å². The number of rotatable bonds is 6. The average molecular weight is 321 g/mol. The molecule has 1 aromatic rings. The topological polar surface area (TPSA) is 17.1 Å². The molecule has 0 heterocycles. The first-order valence-corrected chi connectivity index (χ1v) is 9.05. The summed E-state index contributed by atoms with van der Waals surface area (Å²) in [6.45, 7) is 2.16. The minimum atomic E-state index is 0.313. The third kappa shape index (κ3) is 4.33. The normalized spacial score (nSPS) is 23.3. The van der Waals surface area contributed by atoms with E-state index in [2.05, 4.69) is 43.3 Å². The van der Waals surface area contributed by atoms with E-state index in [-0.39, 0.29) is 0 Å². The molecule has 1 fully saturated rings. The van der Waals surface area contributed by atoms with Gasteiger partial charge in [-0.15, -0.1) is 0 Å². The summed E-state index contributed by atoms with van der Waals surface area (Å²) >= 11 is 0.313. The molecule has 1 saturated carbocycles. The molecule has 0 spiro atoms. The molecular formula is C17H22OSe. The van der Waals surface area contributed by atoms with Crippen LogP contribution in [0.15, 0.2) is 42.5 Å². The van der Waals surface area contributed by atoms with Gasteiger partial charge in [0.25, 0.3) is 0 Å². The van der Waals surface area contributed by atoms with Gasteiger partial charge >= 0.3 is 122 Å². The zero-order chi connectivity index (χ0) is 13.5. The Morgan fingerprint density at radius 1 is 1.26 bits per heavy atom. The number of ketones is 1. The number of carbonyl (C=O) groups is 1. The van der Waals surface area contributed by atoms with Gasteiger partial charge in [0.05, 0.1) is 0 Å². The van der Waals surface area contributed by atoms with Crippen molar-refractivity contribution in [2.24, 2.45) is 5.92 Å². The zero-order valence-corrected chi connectivity index (χ0v) is 13.3. The van der Waals surface area contributed by atoms with E-state index >= 15 is 0 Å². The summed E-state index contributed by atoms with van der Waals surface area (Å²) in [5.74, 6) is 1.13. The van der Waals surface area contributed by atoms with Crippen molar-refractivity contribution in [1.82, 2.24) is 0 Å². The molecule has 19 heavy (non-hydrogen) atoms. The van der Waals surface area contributed by atoms with Gasteiger partial charge in [-0.25, -0.2) is 0 Å². The van der Waals surface area contributed by atoms with Crippen LogP contribution >= 0.6 is 0 Å². The molecule has 0 bridgehead atoms. The van der Waals surface area contributed by atoms with Gasteiger partial charge in [0, 0.05) is 0 Å².